The Balaban J connectivity index is 0.00000288. The van der Waals surface area contributed by atoms with Crippen molar-refractivity contribution in [3.8, 4) is 5.75 Å². The zero-order valence-corrected chi connectivity index (χ0v) is 16.0. The fourth-order valence-electron chi connectivity index (χ4n) is 2.25. The zero-order valence-electron chi connectivity index (χ0n) is 14.3. The van der Waals surface area contributed by atoms with E-state index in [1.165, 1.54) is 7.11 Å². The SMILES string of the molecule is COCC(N)C(=O)NC(c1ccc(OC)cc1)c1nccn1C.Cl.Cl. The summed E-state index contributed by atoms with van der Waals surface area (Å²) in [6, 6.07) is 6.32. The van der Waals surface area contributed by atoms with Crippen LogP contribution in [0.4, 0.5) is 0 Å². The second-order valence-electron chi connectivity index (χ2n) is 5.17. The van der Waals surface area contributed by atoms with Gasteiger partial charge >= 0.3 is 0 Å². The number of halogens is 2. The summed E-state index contributed by atoms with van der Waals surface area (Å²) >= 11 is 0. The van der Waals surface area contributed by atoms with Crippen molar-refractivity contribution in [2.24, 2.45) is 12.8 Å². The van der Waals surface area contributed by atoms with Crippen molar-refractivity contribution in [3.05, 3.63) is 48.0 Å². The summed E-state index contributed by atoms with van der Waals surface area (Å²) in [4.78, 5) is 16.6. The molecule has 25 heavy (non-hydrogen) atoms. The number of nitrogens with zero attached hydrogens (tertiary/aromatic N) is 2. The molecule has 2 aromatic rings. The number of hydrogen-bond donors (Lipinski definition) is 2. The van der Waals surface area contributed by atoms with E-state index in [0.717, 1.165) is 11.3 Å². The van der Waals surface area contributed by atoms with Crippen molar-refractivity contribution >= 4 is 30.7 Å². The number of carbonyl (C=O) groups is 1. The van der Waals surface area contributed by atoms with E-state index in [0.29, 0.717) is 5.82 Å². The molecule has 1 heterocycles. The van der Waals surface area contributed by atoms with E-state index in [9.17, 15) is 4.79 Å². The van der Waals surface area contributed by atoms with Gasteiger partial charge in [-0.2, -0.15) is 0 Å². The minimum Gasteiger partial charge on any atom is -0.497 e. The molecule has 1 aromatic heterocycles. The third-order valence-corrected chi connectivity index (χ3v) is 3.54. The summed E-state index contributed by atoms with van der Waals surface area (Å²) in [5, 5.41) is 2.93. The third-order valence-electron chi connectivity index (χ3n) is 3.54. The Labute approximate surface area is 159 Å². The predicted molar refractivity (Wildman–Crippen MR) is 101 cm³/mol. The first-order chi connectivity index (χ1) is 11.1. The fraction of sp³-hybridized carbons (Fsp3) is 0.375. The van der Waals surface area contributed by atoms with E-state index in [4.69, 9.17) is 15.2 Å². The molecule has 3 N–H and O–H groups in total. The molecular weight excluding hydrogens is 367 g/mol. The number of nitrogens with one attached hydrogen (secondary N) is 1. The van der Waals surface area contributed by atoms with Crippen LogP contribution in [0.3, 0.4) is 0 Å². The van der Waals surface area contributed by atoms with Gasteiger partial charge in [-0.05, 0) is 17.7 Å². The normalized spacial score (nSPS) is 12.3. The highest BCUT2D eigenvalue weighted by molar-refractivity contribution is 5.85. The van der Waals surface area contributed by atoms with Crippen LogP contribution in [0.1, 0.15) is 17.4 Å². The van der Waals surface area contributed by atoms with Crippen molar-refractivity contribution in [3.63, 3.8) is 0 Å². The van der Waals surface area contributed by atoms with Gasteiger partial charge < -0.3 is 25.1 Å². The molecule has 0 fully saturated rings. The summed E-state index contributed by atoms with van der Waals surface area (Å²) in [5.41, 5.74) is 6.69. The average molecular weight is 391 g/mol. The maximum absolute atomic E-state index is 12.3. The van der Waals surface area contributed by atoms with Gasteiger partial charge in [0.1, 0.15) is 23.7 Å². The summed E-state index contributed by atoms with van der Waals surface area (Å²) in [6.07, 6.45) is 3.51. The third kappa shape index (κ3) is 5.89. The van der Waals surface area contributed by atoms with E-state index < -0.39 is 12.1 Å². The predicted octanol–water partition coefficient (Wildman–Crippen LogP) is 1.45. The second kappa shape index (κ2) is 10.9. The number of hydrogen-bond acceptors (Lipinski definition) is 5. The van der Waals surface area contributed by atoms with Crippen molar-refractivity contribution in [1.29, 1.82) is 0 Å². The fourth-order valence-corrected chi connectivity index (χ4v) is 2.25. The number of carbonyl (C=O) groups excluding carboxylic acids is 1. The minimum atomic E-state index is -0.735. The van der Waals surface area contributed by atoms with Gasteiger partial charge in [0.15, 0.2) is 0 Å². The quantitative estimate of drug-likeness (QED) is 0.746. The number of imidazole rings is 1. The number of amides is 1. The number of ether oxygens (including phenoxy) is 2. The van der Waals surface area contributed by atoms with E-state index in [2.05, 4.69) is 10.3 Å². The Kier molecular flexibility index (Phi) is 10.2. The first-order valence-corrected chi connectivity index (χ1v) is 7.23. The molecule has 2 rings (SSSR count). The number of rotatable bonds is 7. The van der Waals surface area contributed by atoms with Crippen LogP contribution < -0.4 is 15.8 Å². The van der Waals surface area contributed by atoms with Crippen LogP contribution in [0.5, 0.6) is 5.75 Å². The summed E-state index contributed by atoms with van der Waals surface area (Å²) in [5.74, 6) is 1.17. The molecule has 7 nitrogen and oxygen atoms in total. The number of aromatic nitrogens is 2. The summed E-state index contributed by atoms with van der Waals surface area (Å²) in [6.45, 7) is 0.154. The Bertz CT molecular complexity index is 649. The van der Waals surface area contributed by atoms with Gasteiger partial charge in [0.25, 0.3) is 0 Å². The van der Waals surface area contributed by atoms with Crippen LogP contribution in [0.25, 0.3) is 0 Å². The van der Waals surface area contributed by atoms with E-state index in [1.807, 2.05) is 42.1 Å². The molecule has 1 amide bonds. The average Bonchev–Trinajstić information content (AvgIpc) is 2.98. The van der Waals surface area contributed by atoms with Crippen molar-refractivity contribution in [2.75, 3.05) is 20.8 Å². The lowest BCUT2D eigenvalue weighted by Gasteiger charge is -2.21. The molecule has 140 valence electrons. The molecule has 2 atom stereocenters. The monoisotopic (exact) mass is 390 g/mol. The lowest BCUT2D eigenvalue weighted by atomic mass is 10.1. The molecule has 0 aliphatic carbocycles. The molecule has 0 spiro atoms. The molecular formula is C16H24Cl2N4O3. The Morgan fingerprint density at radius 3 is 2.40 bits per heavy atom. The first kappa shape index (κ1) is 23.2. The van der Waals surface area contributed by atoms with E-state index in [-0.39, 0.29) is 37.3 Å². The topological polar surface area (TPSA) is 91.4 Å². The maximum atomic E-state index is 12.3. The zero-order chi connectivity index (χ0) is 16.8. The van der Waals surface area contributed by atoms with Gasteiger partial charge in [-0.1, -0.05) is 12.1 Å². The lowest BCUT2D eigenvalue weighted by Crippen LogP contribution is -2.45. The van der Waals surface area contributed by atoms with Crippen LogP contribution in [0.2, 0.25) is 0 Å². The number of benzene rings is 1. The van der Waals surface area contributed by atoms with Crippen LogP contribution in [0.15, 0.2) is 36.7 Å². The molecule has 0 bridgehead atoms. The Morgan fingerprint density at radius 2 is 1.92 bits per heavy atom. The van der Waals surface area contributed by atoms with Crippen LogP contribution >= 0.6 is 24.8 Å². The van der Waals surface area contributed by atoms with Gasteiger partial charge in [-0.3, -0.25) is 4.79 Å². The molecule has 0 saturated heterocycles. The van der Waals surface area contributed by atoms with Gasteiger partial charge in [0.2, 0.25) is 5.91 Å². The van der Waals surface area contributed by atoms with Crippen molar-refractivity contribution in [1.82, 2.24) is 14.9 Å². The number of nitrogens with two attached hydrogens (primary N) is 1. The van der Waals surface area contributed by atoms with Gasteiger partial charge in [0, 0.05) is 26.6 Å². The molecule has 0 saturated carbocycles. The van der Waals surface area contributed by atoms with Gasteiger partial charge in [-0.15, -0.1) is 24.8 Å². The molecule has 9 heteroatoms. The summed E-state index contributed by atoms with van der Waals surface area (Å²) < 4.78 is 12.0. The minimum absolute atomic E-state index is 0. The molecule has 0 aliphatic rings. The largest absolute Gasteiger partial charge is 0.497 e. The van der Waals surface area contributed by atoms with Crippen molar-refractivity contribution < 1.29 is 14.3 Å². The molecule has 0 aliphatic heterocycles. The first-order valence-electron chi connectivity index (χ1n) is 7.23. The van der Waals surface area contributed by atoms with Gasteiger partial charge in [-0.25, -0.2) is 4.98 Å². The lowest BCUT2D eigenvalue weighted by molar-refractivity contribution is -0.124. The second-order valence-corrected chi connectivity index (χ2v) is 5.17. The molecule has 0 radical (unpaired) electrons. The Morgan fingerprint density at radius 1 is 1.28 bits per heavy atom. The summed E-state index contributed by atoms with van der Waals surface area (Å²) in [7, 11) is 4.99. The molecule has 1 aromatic carbocycles. The van der Waals surface area contributed by atoms with Crippen LogP contribution in [0, 0.1) is 0 Å². The highest BCUT2D eigenvalue weighted by Gasteiger charge is 2.23. The van der Waals surface area contributed by atoms with Crippen LogP contribution in [-0.2, 0) is 16.6 Å². The van der Waals surface area contributed by atoms with E-state index in [1.54, 1.807) is 13.3 Å². The maximum Gasteiger partial charge on any atom is 0.240 e. The smallest absolute Gasteiger partial charge is 0.240 e. The van der Waals surface area contributed by atoms with E-state index >= 15 is 0 Å². The van der Waals surface area contributed by atoms with Crippen molar-refractivity contribution in [2.45, 2.75) is 12.1 Å². The van der Waals surface area contributed by atoms with Gasteiger partial charge in [0.05, 0.1) is 13.7 Å². The Hall–Kier alpha value is -1.80. The standard InChI is InChI=1S/C16H22N4O3.2ClH/c1-20-9-8-18-15(20)14(19-16(21)13(17)10-22-2)11-4-6-12(23-3)7-5-11;;/h4-9,13-14H,10,17H2,1-3H3,(H,19,21);2*1H. The highest BCUT2D eigenvalue weighted by atomic mass is 35.5. The number of methoxy groups -OCH3 is 2. The number of aryl methyl sites for hydroxylation is 1. The van der Waals surface area contributed by atoms with Crippen LogP contribution in [-0.4, -0.2) is 42.3 Å². The molecule has 2 unspecified atom stereocenters. The highest BCUT2D eigenvalue weighted by Crippen LogP contribution is 2.23.